The van der Waals surface area contributed by atoms with Crippen LogP contribution in [0.3, 0.4) is 0 Å². The van der Waals surface area contributed by atoms with Crippen LogP contribution in [0.2, 0.25) is 5.02 Å². The van der Waals surface area contributed by atoms with Gasteiger partial charge < -0.3 is 10.4 Å². The molecule has 3 rings (SSSR count). The molecule has 144 valence electrons. The predicted octanol–water partition coefficient (Wildman–Crippen LogP) is 6.12. The predicted molar refractivity (Wildman–Crippen MR) is 117 cm³/mol. The van der Waals surface area contributed by atoms with Crippen LogP contribution in [0.15, 0.2) is 41.3 Å². The molecule has 0 aromatic heterocycles. The maximum Gasteiger partial charge on any atom is 0.255 e. The van der Waals surface area contributed by atoms with Crippen molar-refractivity contribution in [3.05, 3.63) is 56.4 Å². The van der Waals surface area contributed by atoms with Crippen molar-refractivity contribution < 1.29 is 14.3 Å². The Hall–Kier alpha value is -0.830. The quantitative estimate of drug-likeness (QED) is 0.378. The highest BCUT2D eigenvalue weighted by molar-refractivity contribution is 14.1. The molecule has 7 heteroatoms. The van der Waals surface area contributed by atoms with Crippen LogP contribution in [0, 0.1) is 9.39 Å². The number of hydrogen-bond donors (Lipinski definition) is 2. The molecule has 1 fully saturated rings. The number of aliphatic hydroxyl groups is 1. The summed E-state index contributed by atoms with van der Waals surface area (Å²) < 4.78 is 14.4. The number of aliphatic hydroxyl groups excluding tert-OH is 1. The molecule has 0 saturated heterocycles. The van der Waals surface area contributed by atoms with Gasteiger partial charge in [0.2, 0.25) is 0 Å². The minimum absolute atomic E-state index is 0.0291. The van der Waals surface area contributed by atoms with Crippen LogP contribution < -0.4 is 5.32 Å². The van der Waals surface area contributed by atoms with E-state index < -0.39 is 5.82 Å². The van der Waals surface area contributed by atoms with Gasteiger partial charge in [-0.3, -0.25) is 4.79 Å². The minimum Gasteiger partial charge on any atom is -0.393 e. The molecular formula is C20H20ClFINO2S. The van der Waals surface area contributed by atoms with Crippen molar-refractivity contribution in [1.29, 1.82) is 0 Å². The number of hydrogen-bond acceptors (Lipinski definition) is 3. The first kappa shape index (κ1) is 20.9. The third-order valence-electron chi connectivity index (χ3n) is 4.51. The zero-order valence-electron chi connectivity index (χ0n) is 14.6. The molecule has 0 heterocycles. The maximum atomic E-state index is 13.3. The Balaban J connectivity index is 1.73. The first-order chi connectivity index (χ1) is 12.9. The molecule has 3 nitrogen and oxygen atoms in total. The third-order valence-corrected chi connectivity index (χ3v) is 7.46. The SMILES string of the molecule is O=C(Nc1ccc(F)c(Cl)c1)c1ccc(I)c(S[C@H]2CCCC[C@@H](O)C2)c1. The Labute approximate surface area is 181 Å². The molecule has 1 amide bonds. The van der Waals surface area contributed by atoms with Gasteiger partial charge in [-0.2, -0.15) is 0 Å². The van der Waals surface area contributed by atoms with Crippen molar-refractivity contribution in [3.8, 4) is 0 Å². The summed E-state index contributed by atoms with van der Waals surface area (Å²) in [7, 11) is 0. The molecule has 0 aliphatic heterocycles. The van der Waals surface area contributed by atoms with Gasteiger partial charge in [0.15, 0.2) is 0 Å². The zero-order chi connectivity index (χ0) is 19.4. The van der Waals surface area contributed by atoms with Crippen molar-refractivity contribution >= 4 is 57.5 Å². The summed E-state index contributed by atoms with van der Waals surface area (Å²) in [6, 6.07) is 9.67. The van der Waals surface area contributed by atoms with Gasteiger partial charge in [-0.05, 0) is 78.3 Å². The lowest BCUT2D eigenvalue weighted by Crippen LogP contribution is -2.13. The average molecular weight is 520 g/mol. The number of benzene rings is 2. The van der Waals surface area contributed by atoms with Crippen LogP contribution in [0.25, 0.3) is 0 Å². The van der Waals surface area contributed by atoms with E-state index in [4.69, 9.17) is 11.6 Å². The van der Waals surface area contributed by atoms with Gasteiger partial charge in [-0.1, -0.05) is 24.4 Å². The van der Waals surface area contributed by atoms with Gasteiger partial charge in [0.1, 0.15) is 5.82 Å². The molecule has 1 aliphatic rings. The summed E-state index contributed by atoms with van der Waals surface area (Å²) in [4.78, 5) is 13.6. The smallest absolute Gasteiger partial charge is 0.255 e. The zero-order valence-corrected chi connectivity index (χ0v) is 18.3. The summed E-state index contributed by atoms with van der Waals surface area (Å²) in [5.74, 6) is -0.787. The Morgan fingerprint density at radius 1 is 1.22 bits per heavy atom. The van der Waals surface area contributed by atoms with E-state index in [1.807, 2.05) is 12.1 Å². The number of thioether (sulfide) groups is 1. The van der Waals surface area contributed by atoms with Gasteiger partial charge in [0.25, 0.3) is 5.91 Å². The monoisotopic (exact) mass is 519 g/mol. The number of nitrogens with one attached hydrogen (secondary N) is 1. The molecule has 1 aliphatic carbocycles. The number of carbonyl (C=O) groups is 1. The molecule has 2 aromatic rings. The number of halogens is 3. The van der Waals surface area contributed by atoms with Gasteiger partial charge >= 0.3 is 0 Å². The summed E-state index contributed by atoms with van der Waals surface area (Å²) >= 11 is 9.77. The van der Waals surface area contributed by atoms with Crippen molar-refractivity contribution in [2.75, 3.05) is 5.32 Å². The highest BCUT2D eigenvalue weighted by Crippen LogP contribution is 2.36. The number of amides is 1. The average Bonchev–Trinajstić information content (AvgIpc) is 2.84. The van der Waals surface area contributed by atoms with Crippen molar-refractivity contribution in [2.45, 2.75) is 48.4 Å². The molecule has 0 bridgehead atoms. The maximum absolute atomic E-state index is 13.3. The fourth-order valence-corrected chi connectivity index (χ4v) is 5.32. The molecule has 0 unspecified atom stereocenters. The lowest BCUT2D eigenvalue weighted by Gasteiger charge is -2.17. The van der Waals surface area contributed by atoms with Gasteiger partial charge in [-0.25, -0.2) is 4.39 Å². The van der Waals surface area contributed by atoms with E-state index in [1.165, 1.54) is 18.2 Å². The lowest BCUT2D eigenvalue weighted by molar-refractivity contribution is 0.102. The van der Waals surface area contributed by atoms with Crippen LogP contribution in [0.5, 0.6) is 0 Å². The molecule has 0 radical (unpaired) electrons. The third kappa shape index (κ3) is 5.82. The van der Waals surface area contributed by atoms with E-state index in [9.17, 15) is 14.3 Å². The summed E-state index contributed by atoms with van der Waals surface area (Å²) in [5.41, 5.74) is 0.985. The Kier molecular flexibility index (Phi) is 7.42. The molecule has 2 atom stereocenters. The second-order valence-corrected chi connectivity index (χ2v) is 9.55. The van der Waals surface area contributed by atoms with Crippen molar-refractivity contribution in [1.82, 2.24) is 0 Å². The van der Waals surface area contributed by atoms with Crippen LogP contribution in [0.1, 0.15) is 42.5 Å². The highest BCUT2D eigenvalue weighted by atomic mass is 127. The van der Waals surface area contributed by atoms with E-state index in [2.05, 4.69) is 27.9 Å². The van der Waals surface area contributed by atoms with Crippen LogP contribution >= 0.6 is 46.0 Å². The molecule has 27 heavy (non-hydrogen) atoms. The van der Waals surface area contributed by atoms with E-state index in [0.717, 1.165) is 40.6 Å². The molecular weight excluding hydrogens is 500 g/mol. The van der Waals surface area contributed by atoms with E-state index in [0.29, 0.717) is 16.5 Å². The molecule has 1 saturated carbocycles. The fraction of sp³-hybridized carbons (Fsp3) is 0.350. The summed E-state index contributed by atoms with van der Waals surface area (Å²) in [6.45, 7) is 0. The first-order valence-electron chi connectivity index (χ1n) is 8.83. The minimum atomic E-state index is -0.520. The number of carbonyl (C=O) groups excluding carboxylic acids is 1. The Bertz CT molecular complexity index is 836. The topological polar surface area (TPSA) is 49.3 Å². The van der Waals surface area contributed by atoms with Crippen LogP contribution in [-0.2, 0) is 0 Å². The van der Waals surface area contributed by atoms with Crippen molar-refractivity contribution in [2.24, 2.45) is 0 Å². The highest BCUT2D eigenvalue weighted by Gasteiger charge is 2.21. The number of anilines is 1. The van der Waals surface area contributed by atoms with E-state index in [-0.39, 0.29) is 17.0 Å². The Morgan fingerprint density at radius 3 is 2.78 bits per heavy atom. The van der Waals surface area contributed by atoms with Crippen LogP contribution in [-0.4, -0.2) is 22.4 Å². The second-order valence-electron chi connectivity index (χ2n) is 6.64. The first-order valence-corrected chi connectivity index (χ1v) is 11.2. The summed E-state index contributed by atoms with van der Waals surface area (Å²) in [6.07, 6.45) is 4.68. The van der Waals surface area contributed by atoms with Crippen LogP contribution in [0.4, 0.5) is 10.1 Å². The summed E-state index contributed by atoms with van der Waals surface area (Å²) in [5, 5.41) is 13.1. The standard InChI is InChI=1S/C20H20ClFINO2S/c21-16-10-13(6-7-17(16)22)24-20(26)12-5-8-18(23)19(9-12)27-15-4-2-1-3-14(25)11-15/h5-10,14-15,25H,1-4,11H2,(H,24,26)/t14-,15+/m1/s1. The molecule has 2 aromatic carbocycles. The molecule has 2 N–H and O–H groups in total. The van der Waals surface area contributed by atoms with Gasteiger partial charge in [-0.15, -0.1) is 11.8 Å². The fourth-order valence-electron chi connectivity index (χ4n) is 3.09. The van der Waals surface area contributed by atoms with Gasteiger partial charge in [0.05, 0.1) is 11.1 Å². The van der Waals surface area contributed by atoms with E-state index in [1.54, 1.807) is 17.8 Å². The lowest BCUT2D eigenvalue weighted by atomic mass is 10.2. The molecule has 0 spiro atoms. The Morgan fingerprint density at radius 2 is 2.00 bits per heavy atom. The largest absolute Gasteiger partial charge is 0.393 e. The van der Waals surface area contributed by atoms with E-state index >= 15 is 0 Å². The number of rotatable bonds is 4. The van der Waals surface area contributed by atoms with Gasteiger partial charge in [0, 0.05) is 25.0 Å². The normalized spacial score (nSPS) is 20.1. The second kappa shape index (κ2) is 9.58. The van der Waals surface area contributed by atoms with Crippen molar-refractivity contribution in [3.63, 3.8) is 0 Å².